The van der Waals surface area contributed by atoms with Gasteiger partial charge < -0.3 is 11.1 Å². The van der Waals surface area contributed by atoms with E-state index in [2.05, 4.69) is 5.32 Å². The molecule has 5 rings (SSSR count). The number of amides is 1. The lowest BCUT2D eigenvalue weighted by Gasteiger charge is -2.14. The smallest absolute Gasteiger partial charge is 0.257 e. The number of fused-ring (bicyclic) bond motifs is 2. The molecule has 32 heavy (non-hydrogen) atoms. The fourth-order valence-corrected chi connectivity index (χ4v) is 3.86. The number of para-hydroxylation sites is 2. The molecule has 1 amide bonds. The molecule has 0 spiro atoms. The first-order valence-electron chi connectivity index (χ1n) is 10.2. The van der Waals surface area contributed by atoms with Crippen molar-refractivity contribution in [2.75, 3.05) is 5.73 Å². The van der Waals surface area contributed by atoms with Gasteiger partial charge in [0.15, 0.2) is 5.65 Å². The van der Waals surface area contributed by atoms with Gasteiger partial charge in [-0.2, -0.15) is 0 Å². The van der Waals surface area contributed by atoms with Gasteiger partial charge in [0.25, 0.3) is 5.91 Å². The maximum absolute atomic E-state index is 14.0. The lowest BCUT2D eigenvalue weighted by atomic mass is 10.1. The van der Waals surface area contributed by atoms with Gasteiger partial charge in [0.1, 0.15) is 22.7 Å². The Kier molecular flexibility index (Phi) is 4.78. The normalized spacial score (nSPS) is 12.2. The van der Waals surface area contributed by atoms with Crippen molar-refractivity contribution < 1.29 is 9.18 Å². The fraction of sp³-hybridized carbons (Fsp3) is 0.0800. The molecular formula is C25H20FN5O. The summed E-state index contributed by atoms with van der Waals surface area (Å²) in [6.45, 7) is 1.90. The van der Waals surface area contributed by atoms with Crippen LogP contribution in [-0.2, 0) is 0 Å². The third kappa shape index (κ3) is 3.33. The molecule has 3 aromatic carbocycles. The number of nitrogens with zero attached hydrogens (tertiary/aromatic N) is 3. The Bertz CT molecular complexity index is 1460. The van der Waals surface area contributed by atoms with Crippen LogP contribution in [0.25, 0.3) is 27.9 Å². The number of carbonyl (C=O) groups is 1. The summed E-state index contributed by atoms with van der Waals surface area (Å²) in [5.74, 6) is -0.636. The third-order valence-electron chi connectivity index (χ3n) is 5.44. The van der Waals surface area contributed by atoms with Crippen LogP contribution >= 0.6 is 0 Å². The molecule has 3 N–H and O–H groups in total. The van der Waals surface area contributed by atoms with Crippen LogP contribution < -0.4 is 11.1 Å². The van der Waals surface area contributed by atoms with Gasteiger partial charge in [-0.05, 0) is 42.8 Å². The number of rotatable bonds is 4. The van der Waals surface area contributed by atoms with E-state index >= 15 is 0 Å². The van der Waals surface area contributed by atoms with Crippen molar-refractivity contribution in [2.24, 2.45) is 0 Å². The summed E-state index contributed by atoms with van der Waals surface area (Å²) in [4.78, 5) is 22.8. The maximum Gasteiger partial charge on any atom is 0.257 e. The number of nitrogen functional groups attached to an aromatic ring is 1. The molecule has 0 radical (unpaired) electrons. The summed E-state index contributed by atoms with van der Waals surface area (Å²) < 4.78 is 15.6. The van der Waals surface area contributed by atoms with Gasteiger partial charge in [-0.1, -0.05) is 48.5 Å². The van der Waals surface area contributed by atoms with E-state index in [9.17, 15) is 9.18 Å². The molecule has 2 aromatic heterocycles. The Morgan fingerprint density at radius 2 is 1.66 bits per heavy atom. The SMILES string of the molecule is CC(NC(=O)c1c(N)n(-c2cccc(F)c2)c2nc3ccccc3nc12)c1ccccc1. The molecule has 1 atom stereocenters. The van der Waals surface area contributed by atoms with E-state index in [-0.39, 0.29) is 23.3 Å². The second kappa shape index (κ2) is 7.77. The number of benzene rings is 3. The van der Waals surface area contributed by atoms with Crippen LogP contribution in [0.3, 0.4) is 0 Å². The monoisotopic (exact) mass is 425 g/mol. The van der Waals surface area contributed by atoms with Gasteiger partial charge >= 0.3 is 0 Å². The molecule has 158 valence electrons. The summed E-state index contributed by atoms with van der Waals surface area (Å²) >= 11 is 0. The molecule has 0 bridgehead atoms. The van der Waals surface area contributed by atoms with E-state index in [1.807, 2.05) is 61.5 Å². The second-order valence-corrected chi connectivity index (χ2v) is 7.57. The van der Waals surface area contributed by atoms with Crippen molar-refractivity contribution in [1.82, 2.24) is 19.9 Å². The number of nitrogens with one attached hydrogen (secondary N) is 1. The highest BCUT2D eigenvalue weighted by Gasteiger charge is 2.26. The fourth-order valence-electron chi connectivity index (χ4n) is 3.86. The van der Waals surface area contributed by atoms with Gasteiger partial charge in [0.05, 0.1) is 22.8 Å². The molecule has 0 saturated heterocycles. The van der Waals surface area contributed by atoms with E-state index in [1.165, 1.54) is 12.1 Å². The number of carbonyl (C=O) groups excluding carboxylic acids is 1. The van der Waals surface area contributed by atoms with Crippen molar-refractivity contribution >= 4 is 33.9 Å². The molecule has 1 unspecified atom stereocenters. The predicted octanol–water partition coefficient (Wildman–Crippen LogP) is 4.79. The van der Waals surface area contributed by atoms with Gasteiger partial charge in [-0.15, -0.1) is 0 Å². The molecule has 0 fully saturated rings. The lowest BCUT2D eigenvalue weighted by Crippen LogP contribution is -2.27. The number of halogens is 1. The first-order chi connectivity index (χ1) is 15.5. The summed E-state index contributed by atoms with van der Waals surface area (Å²) in [6, 6.07) is 22.8. The number of hydrogen-bond acceptors (Lipinski definition) is 4. The largest absolute Gasteiger partial charge is 0.384 e. The summed E-state index contributed by atoms with van der Waals surface area (Å²) in [7, 11) is 0. The minimum atomic E-state index is -0.416. The van der Waals surface area contributed by atoms with Gasteiger partial charge in [0, 0.05) is 0 Å². The van der Waals surface area contributed by atoms with Crippen LogP contribution in [0.1, 0.15) is 28.9 Å². The Morgan fingerprint density at radius 1 is 0.969 bits per heavy atom. The zero-order valence-electron chi connectivity index (χ0n) is 17.3. The molecular weight excluding hydrogens is 405 g/mol. The van der Waals surface area contributed by atoms with E-state index < -0.39 is 5.82 Å². The zero-order valence-corrected chi connectivity index (χ0v) is 17.3. The summed E-state index contributed by atoms with van der Waals surface area (Å²) in [6.07, 6.45) is 0. The lowest BCUT2D eigenvalue weighted by molar-refractivity contribution is 0.0942. The minimum absolute atomic E-state index is 0.152. The van der Waals surface area contributed by atoms with Crippen molar-refractivity contribution in [3.63, 3.8) is 0 Å². The molecule has 5 aromatic rings. The number of aromatic nitrogens is 3. The van der Waals surface area contributed by atoms with Crippen LogP contribution in [0.4, 0.5) is 10.2 Å². The first kappa shape index (κ1) is 19.7. The van der Waals surface area contributed by atoms with Crippen LogP contribution in [0, 0.1) is 5.82 Å². The van der Waals surface area contributed by atoms with E-state index in [0.717, 1.165) is 5.56 Å². The van der Waals surface area contributed by atoms with Crippen molar-refractivity contribution in [2.45, 2.75) is 13.0 Å². The zero-order chi connectivity index (χ0) is 22.2. The predicted molar refractivity (Wildman–Crippen MR) is 123 cm³/mol. The van der Waals surface area contributed by atoms with E-state index in [0.29, 0.717) is 27.9 Å². The molecule has 6 nitrogen and oxygen atoms in total. The molecule has 0 aliphatic heterocycles. The maximum atomic E-state index is 14.0. The number of hydrogen-bond donors (Lipinski definition) is 2. The van der Waals surface area contributed by atoms with Crippen LogP contribution in [0.15, 0.2) is 78.9 Å². The van der Waals surface area contributed by atoms with E-state index in [4.69, 9.17) is 15.7 Å². The van der Waals surface area contributed by atoms with Crippen LogP contribution in [0.2, 0.25) is 0 Å². The van der Waals surface area contributed by atoms with Crippen molar-refractivity contribution in [3.05, 3.63) is 95.8 Å². The topological polar surface area (TPSA) is 85.8 Å². The Morgan fingerprint density at radius 3 is 2.38 bits per heavy atom. The van der Waals surface area contributed by atoms with Gasteiger partial charge in [0.2, 0.25) is 0 Å². The quantitative estimate of drug-likeness (QED) is 0.434. The first-order valence-corrected chi connectivity index (χ1v) is 10.2. The number of nitrogens with two attached hydrogens (primary N) is 1. The number of anilines is 1. The third-order valence-corrected chi connectivity index (χ3v) is 5.44. The van der Waals surface area contributed by atoms with Crippen LogP contribution in [-0.4, -0.2) is 20.4 Å². The van der Waals surface area contributed by atoms with Crippen molar-refractivity contribution in [1.29, 1.82) is 0 Å². The average Bonchev–Trinajstić information content (AvgIpc) is 3.08. The summed E-state index contributed by atoms with van der Waals surface area (Å²) in [5, 5.41) is 3.00. The van der Waals surface area contributed by atoms with Gasteiger partial charge in [-0.3, -0.25) is 9.36 Å². The molecule has 2 heterocycles. The Hall–Kier alpha value is -4.26. The Balaban J connectivity index is 1.70. The van der Waals surface area contributed by atoms with Gasteiger partial charge in [-0.25, -0.2) is 14.4 Å². The summed E-state index contributed by atoms with van der Waals surface area (Å²) in [5.41, 5.74) is 10.2. The minimum Gasteiger partial charge on any atom is -0.384 e. The molecule has 0 saturated carbocycles. The van der Waals surface area contributed by atoms with Crippen LogP contribution in [0.5, 0.6) is 0 Å². The molecule has 0 aliphatic rings. The Labute approximate surface area is 183 Å². The molecule has 7 heteroatoms. The standard InChI is InChI=1S/C25H20FN5O/c1-15(16-8-3-2-4-9-16)28-25(32)21-22-24(30-20-13-6-5-12-19(20)29-22)31(23(21)27)18-11-7-10-17(26)14-18/h2-15H,27H2,1H3,(H,28,32). The van der Waals surface area contributed by atoms with E-state index in [1.54, 1.807) is 16.7 Å². The highest BCUT2D eigenvalue weighted by molar-refractivity contribution is 6.11. The highest BCUT2D eigenvalue weighted by Crippen LogP contribution is 2.31. The molecule has 0 aliphatic carbocycles. The average molecular weight is 425 g/mol. The second-order valence-electron chi connectivity index (χ2n) is 7.57. The van der Waals surface area contributed by atoms with Crippen molar-refractivity contribution in [3.8, 4) is 5.69 Å². The highest BCUT2D eigenvalue weighted by atomic mass is 19.1.